The van der Waals surface area contributed by atoms with Crippen molar-refractivity contribution >= 4 is 6.09 Å². The Bertz CT molecular complexity index is 415. The van der Waals surface area contributed by atoms with Crippen molar-refractivity contribution < 1.29 is 14.6 Å². The fraction of sp³-hybridized carbons (Fsp3) is 0.941. The number of carbonyl (C=O) groups is 1. The number of ether oxygens (including phenoxy) is 1. The molecule has 2 bridgehead atoms. The standard InChI is InChI=1S/C17H32N2O3/c1-11-13(12-8-7-9-19(10-12)14(11)20)17(5,6)18-15(21)22-16(2,3)4/h11-14,20H,7-10H2,1-6H3,(H,18,21)/t11-,12+,13?,14-/m1/s1. The summed E-state index contributed by atoms with van der Waals surface area (Å²) < 4.78 is 5.41. The highest BCUT2D eigenvalue weighted by Crippen LogP contribution is 2.43. The summed E-state index contributed by atoms with van der Waals surface area (Å²) in [4.78, 5) is 14.4. The van der Waals surface area contributed by atoms with Crippen LogP contribution >= 0.6 is 0 Å². The molecule has 0 aliphatic carbocycles. The summed E-state index contributed by atoms with van der Waals surface area (Å²) in [6.45, 7) is 13.7. The van der Waals surface area contributed by atoms with Gasteiger partial charge in [0.05, 0.1) is 0 Å². The lowest BCUT2D eigenvalue weighted by atomic mass is 9.65. The van der Waals surface area contributed by atoms with Gasteiger partial charge in [-0.1, -0.05) is 6.92 Å². The van der Waals surface area contributed by atoms with E-state index in [2.05, 4.69) is 31.0 Å². The molecule has 2 N–H and O–H groups in total. The first kappa shape index (κ1) is 17.5. The van der Waals surface area contributed by atoms with Crippen molar-refractivity contribution in [1.29, 1.82) is 0 Å². The summed E-state index contributed by atoms with van der Waals surface area (Å²) in [5.74, 6) is 0.882. The van der Waals surface area contributed by atoms with Gasteiger partial charge in [-0.2, -0.15) is 0 Å². The summed E-state index contributed by atoms with van der Waals surface area (Å²) >= 11 is 0. The molecule has 0 aromatic rings. The number of rotatable bonds is 2. The number of nitrogens with zero attached hydrogens (tertiary/aromatic N) is 1. The number of hydrogen-bond acceptors (Lipinski definition) is 4. The molecule has 2 saturated heterocycles. The molecule has 2 heterocycles. The van der Waals surface area contributed by atoms with E-state index in [0.717, 1.165) is 25.9 Å². The Morgan fingerprint density at radius 2 is 1.91 bits per heavy atom. The molecular weight excluding hydrogens is 280 g/mol. The van der Waals surface area contributed by atoms with Gasteiger partial charge in [0, 0.05) is 24.5 Å². The number of piperidine rings is 2. The van der Waals surface area contributed by atoms with Gasteiger partial charge >= 0.3 is 6.09 Å². The van der Waals surface area contributed by atoms with Crippen LogP contribution in [0.5, 0.6) is 0 Å². The van der Waals surface area contributed by atoms with E-state index in [1.165, 1.54) is 0 Å². The summed E-state index contributed by atoms with van der Waals surface area (Å²) in [5, 5.41) is 13.6. The predicted octanol–water partition coefficient (Wildman–Crippen LogP) is 2.59. The van der Waals surface area contributed by atoms with Gasteiger partial charge in [-0.05, 0) is 59.3 Å². The molecule has 128 valence electrons. The highest BCUT2D eigenvalue weighted by molar-refractivity contribution is 5.68. The van der Waals surface area contributed by atoms with Crippen LogP contribution in [-0.4, -0.2) is 46.6 Å². The van der Waals surface area contributed by atoms with E-state index in [4.69, 9.17) is 4.74 Å². The molecule has 2 aliphatic rings. The maximum atomic E-state index is 12.2. The van der Waals surface area contributed by atoms with Gasteiger partial charge in [0.1, 0.15) is 11.8 Å². The lowest BCUT2D eigenvalue weighted by molar-refractivity contribution is -0.140. The molecule has 2 rings (SSSR count). The molecule has 0 radical (unpaired) electrons. The minimum atomic E-state index is -0.501. The fourth-order valence-electron chi connectivity index (χ4n) is 4.42. The van der Waals surface area contributed by atoms with Crippen molar-refractivity contribution in [3.8, 4) is 0 Å². The average Bonchev–Trinajstić information content (AvgIpc) is 2.33. The Kier molecular flexibility index (Phi) is 4.79. The Hall–Kier alpha value is -0.810. The number of hydrogen-bond donors (Lipinski definition) is 2. The van der Waals surface area contributed by atoms with E-state index in [9.17, 15) is 9.90 Å². The number of alkyl carbamates (subject to hydrolysis) is 1. The molecule has 1 amide bonds. The van der Waals surface area contributed by atoms with Crippen molar-refractivity contribution in [2.75, 3.05) is 13.1 Å². The van der Waals surface area contributed by atoms with Gasteiger partial charge in [-0.25, -0.2) is 4.79 Å². The molecular formula is C17H32N2O3. The maximum absolute atomic E-state index is 12.2. The largest absolute Gasteiger partial charge is 0.444 e. The number of aliphatic hydroxyl groups excluding tert-OH is 1. The monoisotopic (exact) mass is 312 g/mol. The summed E-state index contributed by atoms with van der Waals surface area (Å²) in [6.07, 6.45) is 1.49. The van der Waals surface area contributed by atoms with Crippen LogP contribution in [0, 0.1) is 17.8 Å². The highest BCUT2D eigenvalue weighted by Gasteiger charge is 2.49. The van der Waals surface area contributed by atoms with E-state index in [0.29, 0.717) is 5.92 Å². The third-order valence-electron chi connectivity index (χ3n) is 5.06. The smallest absolute Gasteiger partial charge is 0.408 e. The van der Waals surface area contributed by atoms with Crippen LogP contribution in [0.15, 0.2) is 0 Å². The predicted molar refractivity (Wildman–Crippen MR) is 86.4 cm³/mol. The third kappa shape index (κ3) is 3.74. The second kappa shape index (κ2) is 6.00. The zero-order chi connectivity index (χ0) is 16.7. The Labute approximate surface area is 134 Å². The zero-order valence-electron chi connectivity index (χ0n) is 14.8. The number of carbonyl (C=O) groups excluding carboxylic acids is 1. The van der Waals surface area contributed by atoms with Crippen molar-refractivity contribution in [3.63, 3.8) is 0 Å². The van der Waals surface area contributed by atoms with Crippen LogP contribution in [0.3, 0.4) is 0 Å². The van der Waals surface area contributed by atoms with Crippen molar-refractivity contribution in [3.05, 3.63) is 0 Å². The molecule has 0 spiro atoms. The molecule has 5 heteroatoms. The van der Waals surface area contributed by atoms with E-state index in [1.807, 2.05) is 20.8 Å². The molecule has 22 heavy (non-hydrogen) atoms. The van der Waals surface area contributed by atoms with Gasteiger partial charge in [0.25, 0.3) is 0 Å². The van der Waals surface area contributed by atoms with Gasteiger partial charge in [-0.3, -0.25) is 4.90 Å². The van der Waals surface area contributed by atoms with Crippen molar-refractivity contribution in [2.24, 2.45) is 17.8 Å². The third-order valence-corrected chi connectivity index (χ3v) is 5.06. The molecule has 0 saturated carbocycles. The second-order valence-electron chi connectivity index (χ2n) is 8.54. The molecule has 0 aromatic carbocycles. The Morgan fingerprint density at radius 1 is 1.27 bits per heavy atom. The van der Waals surface area contributed by atoms with Crippen molar-refractivity contribution in [2.45, 2.75) is 71.8 Å². The number of fused-ring (bicyclic) bond motifs is 2. The lowest BCUT2D eigenvalue weighted by Crippen LogP contribution is -2.63. The van der Waals surface area contributed by atoms with E-state index in [-0.39, 0.29) is 17.9 Å². The topological polar surface area (TPSA) is 61.8 Å². The number of nitrogens with one attached hydrogen (secondary N) is 1. The van der Waals surface area contributed by atoms with E-state index >= 15 is 0 Å². The summed E-state index contributed by atoms with van der Waals surface area (Å²) in [7, 11) is 0. The molecule has 2 aliphatic heterocycles. The number of amides is 1. The average molecular weight is 312 g/mol. The van der Waals surface area contributed by atoms with Gasteiger partial charge in [0.15, 0.2) is 0 Å². The minimum absolute atomic E-state index is 0.129. The Morgan fingerprint density at radius 3 is 2.50 bits per heavy atom. The molecule has 2 unspecified atom stereocenters. The molecule has 5 atom stereocenters. The van der Waals surface area contributed by atoms with E-state index in [1.54, 1.807) is 0 Å². The van der Waals surface area contributed by atoms with Crippen LogP contribution in [0.2, 0.25) is 0 Å². The van der Waals surface area contributed by atoms with Crippen LogP contribution in [0.1, 0.15) is 54.4 Å². The molecule has 0 aromatic heterocycles. The van der Waals surface area contributed by atoms with Gasteiger partial charge in [0.2, 0.25) is 0 Å². The van der Waals surface area contributed by atoms with Gasteiger partial charge in [-0.15, -0.1) is 0 Å². The van der Waals surface area contributed by atoms with Crippen LogP contribution in [0.4, 0.5) is 4.79 Å². The Balaban J connectivity index is 2.11. The minimum Gasteiger partial charge on any atom is -0.444 e. The highest BCUT2D eigenvalue weighted by atomic mass is 16.6. The second-order valence-corrected chi connectivity index (χ2v) is 8.54. The molecule has 2 fully saturated rings. The first-order chi connectivity index (χ1) is 10.0. The molecule has 5 nitrogen and oxygen atoms in total. The van der Waals surface area contributed by atoms with Crippen molar-refractivity contribution in [1.82, 2.24) is 10.2 Å². The summed E-state index contributed by atoms with van der Waals surface area (Å²) in [6, 6.07) is 0. The van der Waals surface area contributed by atoms with Crippen LogP contribution < -0.4 is 5.32 Å². The van der Waals surface area contributed by atoms with Crippen LogP contribution in [0.25, 0.3) is 0 Å². The quantitative estimate of drug-likeness (QED) is 0.823. The maximum Gasteiger partial charge on any atom is 0.408 e. The first-order valence-corrected chi connectivity index (χ1v) is 8.44. The zero-order valence-corrected chi connectivity index (χ0v) is 14.8. The summed E-state index contributed by atoms with van der Waals surface area (Å²) in [5.41, 5.74) is -0.906. The number of aliphatic hydroxyl groups is 1. The fourth-order valence-corrected chi connectivity index (χ4v) is 4.42. The van der Waals surface area contributed by atoms with E-state index < -0.39 is 17.4 Å². The normalized spacial score (nSPS) is 35.9. The SMILES string of the molecule is C[C@@H]1C(C(C)(C)NC(=O)OC(C)(C)C)[C@H]2CCCN(C2)[C@@H]1O. The van der Waals surface area contributed by atoms with Gasteiger partial charge < -0.3 is 15.2 Å². The van der Waals surface area contributed by atoms with Crippen LogP contribution in [-0.2, 0) is 4.74 Å². The first-order valence-electron chi connectivity index (χ1n) is 8.44. The lowest BCUT2D eigenvalue weighted by Gasteiger charge is -2.54.